The van der Waals surface area contributed by atoms with Gasteiger partial charge in [0.25, 0.3) is 0 Å². The van der Waals surface area contributed by atoms with Gasteiger partial charge in [0.15, 0.2) is 0 Å². The summed E-state index contributed by atoms with van der Waals surface area (Å²) in [6, 6.07) is 11.2. The van der Waals surface area contributed by atoms with Gasteiger partial charge < -0.3 is 10.7 Å². The van der Waals surface area contributed by atoms with Crippen molar-refractivity contribution in [3.05, 3.63) is 52.3 Å². The molecule has 3 nitrogen and oxygen atoms in total. The monoisotopic (exact) mass is 333 g/mol. The van der Waals surface area contributed by atoms with E-state index in [9.17, 15) is 4.39 Å². The van der Waals surface area contributed by atoms with Crippen molar-refractivity contribution >= 4 is 27.0 Å². The lowest BCUT2D eigenvalue weighted by Gasteiger charge is -2.01. The molecule has 0 aliphatic rings. The highest BCUT2D eigenvalue weighted by Gasteiger charge is 2.09. The fourth-order valence-electron chi connectivity index (χ4n) is 2.18. The Kier molecular flexibility index (Phi) is 3.54. The van der Waals surface area contributed by atoms with Crippen LogP contribution in [0.5, 0.6) is 0 Å². The fourth-order valence-corrected chi connectivity index (χ4v) is 2.51. The summed E-state index contributed by atoms with van der Waals surface area (Å²) in [4.78, 5) is 7.65. The van der Waals surface area contributed by atoms with E-state index in [-0.39, 0.29) is 5.82 Å². The standard InChI is InChI=1S/C15H13BrFN3/c16-11-7-13-14(8-12(11)17)20-15(19-13)10-3-1-2-9(6-10)4-5-18/h1-3,6-8H,4-5,18H2,(H,19,20). The second-order valence-corrected chi connectivity index (χ2v) is 5.46. The smallest absolute Gasteiger partial charge is 0.139 e. The molecule has 20 heavy (non-hydrogen) atoms. The van der Waals surface area contributed by atoms with Gasteiger partial charge in [-0.2, -0.15) is 0 Å². The fraction of sp³-hybridized carbons (Fsp3) is 0.133. The Morgan fingerprint density at radius 2 is 2.10 bits per heavy atom. The Hall–Kier alpha value is -1.72. The molecule has 0 fully saturated rings. The van der Waals surface area contributed by atoms with Gasteiger partial charge in [-0.15, -0.1) is 0 Å². The molecule has 0 unspecified atom stereocenters. The first-order chi connectivity index (χ1) is 9.67. The molecular formula is C15H13BrFN3. The zero-order valence-electron chi connectivity index (χ0n) is 10.7. The molecule has 0 amide bonds. The highest BCUT2D eigenvalue weighted by Crippen LogP contribution is 2.25. The zero-order chi connectivity index (χ0) is 14.1. The van der Waals surface area contributed by atoms with Crippen LogP contribution in [0.3, 0.4) is 0 Å². The van der Waals surface area contributed by atoms with Gasteiger partial charge >= 0.3 is 0 Å². The highest BCUT2D eigenvalue weighted by molar-refractivity contribution is 9.10. The van der Waals surface area contributed by atoms with Crippen LogP contribution in [-0.4, -0.2) is 16.5 Å². The van der Waals surface area contributed by atoms with Crippen molar-refractivity contribution < 1.29 is 4.39 Å². The number of benzene rings is 2. The summed E-state index contributed by atoms with van der Waals surface area (Å²) in [6.07, 6.45) is 0.828. The quantitative estimate of drug-likeness (QED) is 0.768. The van der Waals surface area contributed by atoms with Gasteiger partial charge in [-0.05, 0) is 46.6 Å². The number of halogens is 2. The van der Waals surface area contributed by atoms with E-state index in [0.717, 1.165) is 28.9 Å². The van der Waals surface area contributed by atoms with Gasteiger partial charge in [0.05, 0.1) is 15.5 Å². The van der Waals surface area contributed by atoms with Crippen LogP contribution in [0.15, 0.2) is 40.9 Å². The van der Waals surface area contributed by atoms with Gasteiger partial charge in [-0.3, -0.25) is 0 Å². The van der Waals surface area contributed by atoms with Crippen molar-refractivity contribution in [3.8, 4) is 11.4 Å². The first-order valence-corrected chi connectivity index (χ1v) is 7.11. The molecule has 1 aromatic heterocycles. The molecule has 3 N–H and O–H groups in total. The first kappa shape index (κ1) is 13.3. The Morgan fingerprint density at radius 3 is 2.90 bits per heavy atom. The highest BCUT2D eigenvalue weighted by atomic mass is 79.9. The lowest BCUT2D eigenvalue weighted by molar-refractivity contribution is 0.623. The van der Waals surface area contributed by atoms with Crippen LogP contribution in [0, 0.1) is 5.82 Å². The van der Waals surface area contributed by atoms with Crippen molar-refractivity contribution in [1.29, 1.82) is 0 Å². The average Bonchev–Trinajstić information content (AvgIpc) is 2.83. The van der Waals surface area contributed by atoms with Crippen LogP contribution in [0.4, 0.5) is 4.39 Å². The molecule has 1 heterocycles. The Labute approximate surface area is 124 Å². The first-order valence-electron chi connectivity index (χ1n) is 6.31. The molecule has 3 rings (SSSR count). The minimum atomic E-state index is -0.301. The molecule has 2 aromatic carbocycles. The third-order valence-electron chi connectivity index (χ3n) is 3.16. The number of nitrogens with two attached hydrogens (primary N) is 1. The Morgan fingerprint density at radius 1 is 1.25 bits per heavy atom. The van der Waals surface area contributed by atoms with Crippen LogP contribution in [0.1, 0.15) is 5.56 Å². The number of hydrogen-bond acceptors (Lipinski definition) is 2. The van der Waals surface area contributed by atoms with Gasteiger partial charge in [-0.25, -0.2) is 9.37 Å². The SMILES string of the molecule is NCCc1cccc(-c2nc3cc(Br)c(F)cc3[nH]2)c1. The molecule has 0 atom stereocenters. The van der Waals surface area contributed by atoms with Crippen LogP contribution in [0.25, 0.3) is 22.4 Å². The van der Waals surface area contributed by atoms with Crippen molar-refractivity contribution in [2.75, 3.05) is 6.54 Å². The van der Waals surface area contributed by atoms with E-state index in [1.165, 1.54) is 6.07 Å². The van der Waals surface area contributed by atoms with Crippen molar-refractivity contribution in [1.82, 2.24) is 9.97 Å². The van der Waals surface area contributed by atoms with Gasteiger partial charge in [0, 0.05) is 11.6 Å². The molecule has 0 radical (unpaired) electrons. The van der Waals surface area contributed by atoms with Crippen LogP contribution < -0.4 is 5.73 Å². The summed E-state index contributed by atoms with van der Waals surface area (Å²) < 4.78 is 13.9. The molecule has 3 aromatic rings. The summed E-state index contributed by atoms with van der Waals surface area (Å²) in [5.74, 6) is 0.431. The topological polar surface area (TPSA) is 54.7 Å². The number of fused-ring (bicyclic) bond motifs is 1. The number of H-pyrrole nitrogens is 1. The third-order valence-corrected chi connectivity index (χ3v) is 3.77. The van der Waals surface area contributed by atoms with E-state index in [0.29, 0.717) is 16.5 Å². The number of rotatable bonds is 3. The maximum absolute atomic E-state index is 13.5. The molecule has 0 saturated carbocycles. The number of nitrogens with zero attached hydrogens (tertiary/aromatic N) is 1. The Bertz CT molecular complexity index is 728. The number of nitrogens with one attached hydrogen (secondary N) is 1. The predicted molar refractivity (Wildman–Crippen MR) is 81.9 cm³/mol. The van der Waals surface area contributed by atoms with Crippen LogP contribution >= 0.6 is 15.9 Å². The molecule has 5 heteroatoms. The van der Waals surface area contributed by atoms with Crippen LogP contribution in [-0.2, 0) is 6.42 Å². The molecule has 0 spiro atoms. The van der Waals surface area contributed by atoms with Crippen molar-refractivity contribution in [2.24, 2.45) is 5.73 Å². The van der Waals surface area contributed by atoms with E-state index < -0.39 is 0 Å². The normalized spacial score (nSPS) is 11.2. The van der Waals surface area contributed by atoms with E-state index in [2.05, 4.69) is 32.0 Å². The number of hydrogen-bond donors (Lipinski definition) is 2. The second-order valence-electron chi connectivity index (χ2n) is 4.61. The largest absolute Gasteiger partial charge is 0.338 e. The van der Waals surface area contributed by atoms with E-state index >= 15 is 0 Å². The number of aromatic nitrogens is 2. The molecular weight excluding hydrogens is 321 g/mol. The van der Waals surface area contributed by atoms with Gasteiger partial charge in [0.1, 0.15) is 11.6 Å². The number of imidazole rings is 1. The van der Waals surface area contributed by atoms with E-state index in [1.807, 2.05) is 18.2 Å². The second kappa shape index (κ2) is 5.34. The molecule has 0 aliphatic heterocycles. The van der Waals surface area contributed by atoms with Crippen molar-refractivity contribution in [2.45, 2.75) is 6.42 Å². The van der Waals surface area contributed by atoms with E-state index in [1.54, 1.807) is 6.07 Å². The minimum Gasteiger partial charge on any atom is -0.338 e. The minimum absolute atomic E-state index is 0.301. The predicted octanol–water partition coefficient (Wildman–Crippen LogP) is 3.63. The lowest BCUT2D eigenvalue weighted by atomic mass is 10.1. The zero-order valence-corrected chi connectivity index (χ0v) is 12.2. The molecule has 102 valence electrons. The summed E-state index contributed by atoms with van der Waals surface area (Å²) in [5.41, 5.74) is 9.13. The average molecular weight is 334 g/mol. The summed E-state index contributed by atoms with van der Waals surface area (Å²) in [5, 5.41) is 0. The number of aromatic amines is 1. The maximum Gasteiger partial charge on any atom is 0.139 e. The lowest BCUT2D eigenvalue weighted by Crippen LogP contribution is -2.02. The van der Waals surface area contributed by atoms with Crippen molar-refractivity contribution in [3.63, 3.8) is 0 Å². The molecule has 0 aliphatic carbocycles. The van der Waals surface area contributed by atoms with Crippen LogP contribution in [0.2, 0.25) is 0 Å². The summed E-state index contributed by atoms with van der Waals surface area (Å²) >= 11 is 3.17. The maximum atomic E-state index is 13.5. The summed E-state index contributed by atoms with van der Waals surface area (Å²) in [6.45, 7) is 0.613. The molecule has 0 bridgehead atoms. The third kappa shape index (κ3) is 2.46. The van der Waals surface area contributed by atoms with Gasteiger partial charge in [-0.1, -0.05) is 18.2 Å². The summed E-state index contributed by atoms with van der Waals surface area (Å²) in [7, 11) is 0. The van der Waals surface area contributed by atoms with Gasteiger partial charge in [0.2, 0.25) is 0 Å². The Balaban J connectivity index is 2.07. The van der Waals surface area contributed by atoms with E-state index in [4.69, 9.17) is 5.73 Å². The molecule has 0 saturated heterocycles.